The molecule has 1 N–H and O–H groups in total. The fourth-order valence-corrected chi connectivity index (χ4v) is 2.74. The van der Waals surface area contributed by atoms with Gasteiger partial charge in [0, 0.05) is 5.69 Å². The smallest absolute Gasteiger partial charge is 0.262 e. The molecule has 3 nitrogen and oxygen atoms in total. The van der Waals surface area contributed by atoms with Crippen molar-refractivity contribution in [2.75, 3.05) is 11.9 Å². The number of carbonyl (C=O) groups is 1. The minimum atomic E-state index is -0.315. The predicted octanol–water partition coefficient (Wildman–Crippen LogP) is 3.64. The van der Waals surface area contributed by atoms with Gasteiger partial charge in [0.05, 0.1) is 0 Å². The van der Waals surface area contributed by atoms with Crippen LogP contribution in [0, 0.1) is 12.7 Å². The van der Waals surface area contributed by atoms with Gasteiger partial charge in [0.25, 0.3) is 5.91 Å². The summed E-state index contributed by atoms with van der Waals surface area (Å²) in [5.74, 6) is 0.145. The molecule has 0 saturated carbocycles. The topological polar surface area (TPSA) is 38.3 Å². The van der Waals surface area contributed by atoms with Gasteiger partial charge in [-0.3, -0.25) is 4.79 Å². The molecule has 0 heterocycles. The number of aryl methyl sites for hydroxylation is 3. The van der Waals surface area contributed by atoms with Crippen molar-refractivity contribution in [2.45, 2.75) is 26.2 Å². The summed E-state index contributed by atoms with van der Waals surface area (Å²) in [5, 5.41) is 2.73. The summed E-state index contributed by atoms with van der Waals surface area (Å²) >= 11 is 0. The fourth-order valence-electron chi connectivity index (χ4n) is 2.74. The molecule has 0 unspecified atom stereocenters. The lowest BCUT2D eigenvalue weighted by molar-refractivity contribution is -0.118. The Labute approximate surface area is 129 Å². The lowest BCUT2D eigenvalue weighted by atomic mass is 10.1. The van der Waals surface area contributed by atoms with Gasteiger partial charge >= 0.3 is 0 Å². The minimum absolute atomic E-state index is 0.0599. The van der Waals surface area contributed by atoms with Crippen LogP contribution in [-0.2, 0) is 17.6 Å². The van der Waals surface area contributed by atoms with E-state index in [1.165, 1.54) is 29.7 Å². The number of halogens is 1. The van der Waals surface area contributed by atoms with Crippen LogP contribution in [0.5, 0.6) is 5.75 Å². The van der Waals surface area contributed by atoms with E-state index >= 15 is 0 Å². The van der Waals surface area contributed by atoms with Crippen molar-refractivity contribution in [3.63, 3.8) is 0 Å². The average molecular weight is 299 g/mol. The molecule has 0 bridgehead atoms. The van der Waals surface area contributed by atoms with E-state index in [1.807, 2.05) is 12.1 Å². The number of rotatable bonds is 4. The number of anilines is 1. The molecule has 1 amide bonds. The van der Waals surface area contributed by atoms with Crippen molar-refractivity contribution in [1.29, 1.82) is 0 Å². The van der Waals surface area contributed by atoms with Gasteiger partial charge in [0.2, 0.25) is 0 Å². The summed E-state index contributed by atoms with van der Waals surface area (Å²) < 4.78 is 18.6. The first-order valence-electron chi connectivity index (χ1n) is 7.42. The number of ether oxygens (including phenoxy) is 1. The van der Waals surface area contributed by atoms with E-state index in [1.54, 1.807) is 13.0 Å². The Morgan fingerprint density at radius 2 is 2.00 bits per heavy atom. The van der Waals surface area contributed by atoms with Gasteiger partial charge in [-0.15, -0.1) is 0 Å². The van der Waals surface area contributed by atoms with E-state index in [2.05, 4.69) is 11.4 Å². The standard InChI is InChI=1S/C18H18FNO2/c1-12-9-15(19)6-8-17(12)20-18(21)11-22-16-7-5-13-3-2-4-14(13)10-16/h5-10H,2-4,11H2,1H3,(H,20,21). The number of hydrogen-bond donors (Lipinski definition) is 1. The van der Waals surface area contributed by atoms with Crippen molar-refractivity contribution in [1.82, 2.24) is 0 Å². The van der Waals surface area contributed by atoms with Gasteiger partial charge in [0.15, 0.2) is 6.61 Å². The van der Waals surface area contributed by atoms with Crippen LogP contribution < -0.4 is 10.1 Å². The molecule has 114 valence electrons. The van der Waals surface area contributed by atoms with E-state index < -0.39 is 0 Å². The summed E-state index contributed by atoms with van der Waals surface area (Å²) in [7, 11) is 0. The van der Waals surface area contributed by atoms with E-state index in [0.717, 1.165) is 12.8 Å². The zero-order valence-electron chi connectivity index (χ0n) is 12.5. The Hall–Kier alpha value is -2.36. The molecule has 1 aliphatic rings. The van der Waals surface area contributed by atoms with Gasteiger partial charge < -0.3 is 10.1 Å². The summed E-state index contributed by atoms with van der Waals surface area (Å²) in [5.41, 5.74) is 3.97. The molecule has 4 heteroatoms. The second-order valence-corrected chi connectivity index (χ2v) is 5.58. The molecule has 0 radical (unpaired) electrons. The van der Waals surface area contributed by atoms with E-state index in [9.17, 15) is 9.18 Å². The number of fused-ring (bicyclic) bond motifs is 1. The van der Waals surface area contributed by atoms with Crippen LogP contribution in [0.25, 0.3) is 0 Å². The third-order valence-electron chi connectivity index (χ3n) is 3.90. The summed E-state index contributed by atoms with van der Waals surface area (Å²) in [6.07, 6.45) is 3.39. The Kier molecular flexibility index (Phi) is 4.09. The van der Waals surface area contributed by atoms with Crippen LogP contribution in [0.4, 0.5) is 10.1 Å². The monoisotopic (exact) mass is 299 g/mol. The van der Waals surface area contributed by atoms with Crippen molar-refractivity contribution in [3.8, 4) is 5.75 Å². The molecule has 2 aromatic carbocycles. The molecular weight excluding hydrogens is 281 g/mol. The summed E-state index contributed by atoms with van der Waals surface area (Å²) in [6, 6.07) is 10.2. The molecule has 0 spiro atoms. The molecule has 0 fully saturated rings. The van der Waals surface area contributed by atoms with Crippen LogP contribution in [0.1, 0.15) is 23.1 Å². The van der Waals surface area contributed by atoms with Gasteiger partial charge in [-0.2, -0.15) is 0 Å². The molecule has 0 aromatic heterocycles. The quantitative estimate of drug-likeness (QED) is 0.936. The fraction of sp³-hybridized carbons (Fsp3) is 0.278. The van der Waals surface area contributed by atoms with Crippen LogP contribution in [0.15, 0.2) is 36.4 Å². The molecule has 22 heavy (non-hydrogen) atoms. The Bertz CT molecular complexity index is 712. The average Bonchev–Trinajstić information content (AvgIpc) is 2.95. The molecule has 0 aliphatic heterocycles. The second kappa shape index (κ2) is 6.18. The van der Waals surface area contributed by atoms with Crippen molar-refractivity contribution < 1.29 is 13.9 Å². The zero-order chi connectivity index (χ0) is 15.5. The van der Waals surface area contributed by atoms with Crippen LogP contribution in [-0.4, -0.2) is 12.5 Å². The van der Waals surface area contributed by atoms with Gasteiger partial charge in [-0.1, -0.05) is 6.07 Å². The normalized spacial score (nSPS) is 12.8. The maximum absolute atomic E-state index is 13.0. The molecule has 3 rings (SSSR count). The van der Waals surface area contributed by atoms with Crippen molar-refractivity contribution in [2.24, 2.45) is 0 Å². The molecule has 0 atom stereocenters. The molecule has 0 saturated heterocycles. The van der Waals surface area contributed by atoms with Gasteiger partial charge in [-0.05, 0) is 73.2 Å². The van der Waals surface area contributed by atoms with Gasteiger partial charge in [-0.25, -0.2) is 4.39 Å². The second-order valence-electron chi connectivity index (χ2n) is 5.58. The largest absolute Gasteiger partial charge is 0.484 e. The number of nitrogens with one attached hydrogen (secondary N) is 1. The van der Waals surface area contributed by atoms with E-state index in [-0.39, 0.29) is 18.3 Å². The highest BCUT2D eigenvalue weighted by atomic mass is 19.1. The van der Waals surface area contributed by atoms with E-state index in [0.29, 0.717) is 17.0 Å². The van der Waals surface area contributed by atoms with Gasteiger partial charge in [0.1, 0.15) is 11.6 Å². The zero-order valence-corrected chi connectivity index (χ0v) is 12.5. The maximum Gasteiger partial charge on any atom is 0.262 e. The number of amides is 1. The summed E-state index contributed by atoms with van der Waals surface area (Å²) in [6.45, 7) is 1.69. The Morgan fingerprint density at radius 3 is 2.82 bits per heavy atom. The first-order valence-corrected chi connectivity index (χ1v) is 7.42. The highest BCUT2D eigenvalue weighted by Gasteiger charge is 2.12. The molecule has 1 aliphatic carbocycles. The highest BCUT2D eigenvalue weighted by Crippen LogP contribution is 2.26. The SMILES string of the molecule is Cc1cc(F)ccc1NC(=O)COc1ccc2c(c1)CCC2. The van der Waals surface area contributed by atoms with E-state index in [4.69, 9.17) is 4.74 Å². The maximum atomic E-state index is 13.0. The number of carbonyl (C=O) groups excluding carboxylic acids is 1. The lowest BCUT2D eigenvalue weighted by Gasteiger charge is -2.10. The van der Waals surface area contributed by atoms with Crippen molar-refractivity contribution >= 4 is 11.6 Å². The predicted molar refractivity (Wildman–Crippen MR) is 83.7 cm³/mol. The minimum Gasteiger partial charge on any atom is -0.484 e. The summed E-state index contributed by atoms with van der Waals surface area (Å²) in [4.78, 5) is 11.9. The third kappa shape index (κ3) is 3.27. The number of hydrogen-bond acceptors (Lipinski definition) is 2. The first kappa shape index (κ1) is 14.6. The highest BCUT2D eigenvalue weighted by molar-refractivity contribution is 5.92. The molecular formula is C18H18FNO2. The Balaban J connectivity index is 1.58. The first-order chi connectivity index (χ1) is 10.6. The van der Waals surface area contributed by atoms with Crippen LogP contribution in [0.2, 0.25) is 0 Å². The van der Waals surface area contributed by atoms with Crippen LogP contribution >= 0.6 is 0 Å². The van der Waals surface area contributed by atoms with Crippen molar-refractivity contribution in [3.05, 3.63) is 58.9 Å². The Morgan fingerprint density at radius 1 is 1.18 bits per heavy atom. The molecule has 2 aromatic rings. The lowest BCUT2D eigenvalue weighted by Crippen LogP contribution is -2.20. The number of benzene rings is 2. The third-order valence-corrected chi connectivity index (χ3v) is 3.90. The van der Waals surface area contributed by atoms with Crippen LogP contribution in [0.3, 0.4) is 0 Å².